The van der Waals surface area contributed by atoms with E-state index in [0.29, 0.717) is 0 Å². The highest BCUT2D eigenvalue weighted by molar-refractivity contribution is 5.38. The van der Waals surface area contributed by atoms with Gasteiger partial charge in [-0.15, -0.1) is 0 Å². The van der Waals surface area contributed by atoms with E-state index in [0.717, 1.165) is 63.6 Å². The lowest BCUT2D eigenvalue weighted by Gasteiger charge is -2.35. The van der Waals surface area contributed by atoms with Gasteiger partial charge in [0, 0.05) is 25.3 Å². The standard InChI is InChI=1S/C14H23N5O/c15-11-1-4-14(16,5-2-11)13-17-6-3-12(18-13)19-7-9-20-10-8-19/h3,6,11H,1-2,4-5,7-10,15-16H2. The summed E-state index contributed by atoms with van der Waals surface area (Å²) in [4.78, 5) is 11.4. The van der Waals surface area contributed by atoms with Gasteiger partial charge in [-0.3, -0.25) is 0 Å². The number of rotatable bonds is 2. The van der Waals surface area contributed by atoms with E-state index in [1.54, 1.807) is 0 Å². The summed E-state index contributed by atoms with van der Waals surface area (Å²) >= 11 is 0. The fourth-order valence-electron chi connectivity index (χ4n) is 2.94. The third-order valence-corrected chi connectivity index (χ3v) is 4.34. The van der Waals surface area contributed by atoms with Crippen LogP contribution in [0, 0.1) is 0 Å². The maximum atomic E-state index is 6.52. The molecule has 6 heteroatoms. The number of ether oxygens (including phenoxy) is 1. The van der Waals surface area contributed by atoms with Crippen molar-refractivity contribution >= 4 is 5.82 Å². The summed E-state index contributed by atoms with van der Waals surface area (Å²) in [6.45, 7) is 3.25. The van der Waals surface area contributed by atoms with Gasteiger partial charge in [0.25, 0.3) is 0 Å². The van der Waals surface area contributed by atoms with Crippen molar-refractivity contribution < 1.29 is 4.74 Å². The molecule has 0 spiro atoms. The predicted octanol–water partition coefficient (Wildman–Crippen LogP) is 0.369. The number of hydrogen-bond donors (Lipinski definition) is 2. The fraction of sp³-hybridized carbons (Fsp3) is 0.714. The summed E-state index contributed by atoms with van der Waals surface area (Å²) in [5.41, 5.74) is 12.1. The second kappa shape index (κ2) is 5.63. The van der Waals surface area contributed by atoms with Crippen molar-refractivity contribution in [3.63, 3.8) is 0 Å². The Balaban J connectivity index is 1.79. The molecular weight excluding hydrogens is 254 g/mol. The Kier molecular flexibility index (Phi) is 3.87. The van der Waals surface area contributed by atoms with E-state index in [9.17, 15) is 0 Å². The van der Waals surface area contributed by atoms with Crippen molar-refractivity contribution in [2.24, 2.45) is 11.5 Å². The highest BCUT2D eigenvalue weighted by Crippen LogP contribution is 2.33. The smallest absolute Gasteiger partial charge is 0.150 e. The van der Waals surface area contributed by atoms with Crippen molar-refractivity contribution in [2.45, 2.75) is 37.3 Å². The van der Waals surface area contributed by atoms with Crippen molar-refractivity contribution in [3.05, 3.63) is 18.1 Å². The van der Waals surface area contributed by atoms with Crippen LogP contribution < -0.4 is 16.4 Å². The molecule has 6 nitrogen and oxygen atoms in total. The maximum absolute atomic E-state index is 6.52. The molecule has 1 aromatic heterocycles. The minimum atomic E-state index is -0.418. The van der Waals surface area contributed by atoms with Gasteiger partial charge in [-0.1, -0.05) is 0 Å². The monoisotopic (exact) mass is 277 g/mol. The Hall–Kier alpha value is -1.24. The number of anilines is 1. The molecule has 0 bridgehead atoms. The molecule has 4 N–H and O–H groups in total. The molecule has 3 rings (SSSR count). The molecule has 110 valence electrons. The number of hydrogen-bond acceptors (Lipinski definition) is 6. The molecule has 1 saturated heterocycles. The summed E-state index contributed by atoms with van der Waals surface area (Å²) in [6.07, 6.45) is 5.43. The highest BCUT2D eigenvalue weighted by Gasteiger charge is 2.35. The minimum Gasteiger partial charge on any atom is -0.378 e. The lowest BCUT2D eigenvalue weighted by molar-refractivity contribution is 0.122. The predicted molar refractivity (Wildman–Crippen MR) is 77.4 cm³/mol. The van der Waals surface area contributed by atoms with Crippen LogP contribution in [0.4, 0.5) is 5.82 Å². The van der Waals surface area contributed by atoms with E-state index >= 15 is 0 Å². The normalized spacial score (nSPS) is 31.3. The first-order valence-corrected chi connectivity index (χ1v) is 7.38. The quantitative estimate of drug-likeness (QED) is 0.811. The molecule has 1 saturated carbocycles. The summed E-state index contributed by atoms with van der Waals surface area (Å²) in [5, 5.41) is 0. The van der Waals surface area contributed by atoms with Crippen molar-refractivity contribution in [1.82, 2.24) is 9.97 Å². The van der Waals surface area contributed by atoms with Crippen LogP contribution in [0.2, 0.25) is 0 Å². The van der Waals surface area contributed by atoms with Crippen LogP contribution in [0.1, 0.15) is 31.5 Å². The van der Waals surface area contributed by atoms with E-state index in [1.807, 2.05) is 12.3 Å². The summed E-state index contributed by atoms with van der Waals surface area (Å²) in [7, 11) is 0. The largest absolute Gasteiger partial charge is 0.378 e. The topological polar surface area (TPSA) is 90.3 Å². The molecule has 1 aromatic rings. The van der Waals surface area contributed by atoms with E-state index in [1.165, 1.54) is 0 Å². The SMILES string of the molecule is NC1CCC(N)(c2nccc(N3CCOCC3)n2)CC1. The van der Waals surface area contributed by atoms with Gasteiger partial charge in [0.15, 0.2) is 0 Å². The first-order valence-electron chi connectivity index (χ1n) is 7.38. The number of morpholine rings is 1. The van der Waals surface area contributed by atoms with Crippen LogP contribution in [0.5, 0.6) is 0 Å². The van der Waals surface area contributed by atoms with Gasteiger partial charge in [0.05, 0.1) is 18.8 Å². The van der Waals surface area contributed by atoms with Crippen LogP contribution in [0.25, 0.3) is 0 Å². The molecule has 0 unspecified atom stereocenters. The molecule has 20 heavy (non-hydrogen) atoms. The molecule has 2 aliphatic rings. The molecule has 2 heterocycles. The van der Waals surface area contributed by atoms with Gasteiger partial charge < -0.3 is 21.1 Å². The number of nitrogens with zero attached hydrogens (tertiary/aromatic N) is 3. The van der Waals surface area contributed by atoms with Crippen LogP contribution in [-0.4, -0.2) is 42.3 Å². The van der Waals surface area contributed by atoms with E-state index in [4.69, 9.17) is 21.2 Å². The summed E-state index contributed by atoms with van der Waals surface area (Å²) in [5.74, 6) is 1.71. The zero-order valence-electron chi connectivity index (χ0n) is 11.8. The van der Waals surface area contributed by atoms with Gasteiger partial charge in [-0.2, -0.15) is 0 Å². The minimum absolute atomic E-state index is 0.272. The van der Waals surface area contributed by atoms with Gasteiger partial charge in [-0.05, 0) is 31.7 Å². The van der Waals surface area contributed by atoms with Gasteiger partial charge in [0.1, 0.15) is 11.6 Å². The Morgan fingerprint density at radius 2 is 1.95 bits per heavy atom. The molecule has 2 fully saturated rings. The lowest BCUT2D eigenvalue weighted by atomic mass is 9.80. The fourth-order valence-corrected chi connectivity index (χ4v) is 2.94. The zero-order valence-corrected chi connectivity index (χ0v) is 11.8. The zero-order chi connectivity index (χ0) is 14.0. The molecule has 0 amide bonds. The molecule has 0 atom stereocenters. The lowest BCUT2D eigenvalue weighted by Crippen LogP contribution is -2.45. The third-order valence-electron chi connectivity index (χ3n) is 4.34. The van der Waals surface area contributed by atoms with Gasteiger partial charge in [-0.25, -0.2) is 9.97 Å². The van der Waals surface area contributed by atoms with Gasteiger partial charge in [0.2, 0.25) is 0 Å². The van der Waals surface area contributed by atoms with Gasteiger partial charge >= 0.3 is 0 Å². The highest BCUT2D eigenvalue weighted by atomic mass is 16.5. The summed E-state index contributed by atoms with van der Waals surface area (Å²) in [6, 6.07) is 2.22. The maximum Gasteiger partial charge on any atom is 0.150 e. The first kappa shape index (κ1) is 13.7. The van der Waals surface area contributed by atoms with Crippen molar-refractivity contribution in [1.29, 1.82) is 0 Å². The Morgan fingerprint density at radius 3 is 2.65 bits per heavy atom. The van der Waals surface area contributed by atoms with E-state index < -0.39 is 5.54 Å². The van der Waals surface area contributed by atoms with Crippen LogP contribution >= 0.6 is 0 Å². The molecule has 1 aliphatic carbocycles. The Bertz CT molecular complexity index is 453. The number of nitrogens with two attached hydrogens (primary N) is 2. The molecule has 1 aliphatic heterocycles. The third kappa shape index (κ3) is 2.77. The van der Waals surface area contributed by atoms with E-state index in [2.05, 4.69) is 9.88 Å². The number of aromatic nitrogens is 2. The first-order chi connectivity index (χ1) is 9.67. The van der Waals surface area contributed by atoms with E-state index in [-0.39, 0.29) is 6.04 Å². The molecular formula is C14H23N5O. The average molecular weight is 277 g/mol. The van der Waals surface area contributed by atoms with Crippen molar-refractivity contribution in [2.75, 3.05) is 31.2 Å². The summed E-state index contributed by atoms with van der Waals surface area (Å²) < 4.78 is 5.38. The van der Waals surface area contributed by atoms with Crippen molar-refractivity contribution in [3.8, 4) is 0 Å². The molecule has 0 aromatic carbocycles. The van der Waals surface area contributed by atoms with Crippen LogP contribution in [-0.2, 0) is 10.3 Å². The van der Waals surface area contributed by atoms with Crippen LogP contribution in [0.3, 0.4) is 0 Å². The van der Waals surface area contributed by atoms with Crippen LogP contribution in [0.15, 0.2) is 12.3 Å². The molecule has 0 radical (unpaired) electrons. The second-order valence-corrected chi connectivity index (χ2v) is 5.83. The Labute approximate surface area is 119 Å². The second-order valence-electron chi connectivity index (χ2n) is 5.83. The Morgan fingerprint density at radius 1 is 1.25 bits per heavy atom. The average Bonchev–Trinajstić information content (AvgIpc) is 2.51.